The summed E-state index contributed by atoms with van der Waals surface area (Å²) >= 11 is 0. The smallest absolute Gasteiger partial charge is 0.332 e. The molecule has 0 bridgehead atoms. The van der Waals surface area contributed by atoms with Crippen LogP contribution in [0.3, 0.4) is 0 Å². The highest BCUT2D eigenvalue weighted by Crippen LogP contribution is 2.37. The molecule has 2 N–H and O–H groups in total. The SMILES string of the molecule is CC1(C)COC2(CCCc3ncc(NC(=O)NC#N)cc3CC2)OC1. The monoisotopic (exact) mass is 344 g/mol. The van der Waals surface area contributed by atoms with Gasteiger partial charge < -0.3 is 14.8 Å². The number of nitrogens with zero attached hydrogens (tertiary/aromatic N) is 2. The summed E-state index contributed by atoms with van der Waals surface area (Å²) in [7, 11) is 0. The fourth-order valence-corrected chi connectivity index (χ4v) is 3.26. The highest BCUT2D eigenvalue weighted by molar-refractivity contribution is 5.90. The number of rotatable bonds is 1. The highest BCUT2D eigenvalue weighted by atomic mass is 16.7. The Morgan fingerprint density at radius 1 is 1.28 bits per heavy atom. The number of aryl methyl sites for hydroxylation is 2. The molecule has 25 heavy (non-hydrogen) atoms. The molecule has 1 aromatic rings. The fourth-order valence-electron chi connectivity index (χ4n) is 3.26. The summed E-state index contributed by atoms with van der Waals surface area (Å²) < 4.78 is 12.3. The van der Waals surface area contributed by atoms with Gasteiger partial charge in [0, 0.05) is 24.0 Å². The maximum atomic E-state index is 11.5. The predicted octanol–water partition coefficient (Wildman–Crippen LogP) is 2.72. The van der Waals surface area contributed by atoms with Crippen LogP contribution >= 0.6 is 0 Å². The molecule has 0 aromatic carbocycles. The summed E-state index contributed by atoms with van der Waals surface area (Å²) in [6.07, 6.45) is 7.45. The van der Waals surface area contributed by atoms with Gasteiger partial charge in [-0.1, -0.05) is 13.8 Å². The Kier molecular flexibility index (Phi) is 4.93. The number of ether oxygens (including phenoxy) is 2. The second-order valence-electron chi connectivity index (χ2n) is 7.53. The number of pyridine rings is 1. The number of anilines is 1. The second kappa shape index (κ2) is 6.98. The third kappa shape index (κ3) is 4.27. The van der Waals surface area contributed by atoms with E-state index in [1.807, 2.05) is 11.4 Å². The summed E-state index contributed by atoms with van der Waals surface area (Å²) in [5.74, 6) is -0.505. The van der Waals surface area contributed by atoms with Gasteiger partial charge in [-0.25, -0.2) is 10.1 Å². The molecule has 1 aliphatic heterocycles. The van der Waals surface area contributed by atoms with Crippen molar-refractivity contribution in [3.8, 4) is 6.19 Å². The molecule has 1 fully saturated rings. The number of nitriles is 1. The molecule has 2 amide bonds. The zero-order chi connectivity index (χ0) is 17.9. The molecule has 0 radical (unpaired) electrons. The normalized spacial score (nSPS) is 21.3. The first-order valence-electron chi connectivity index (χ1n) is 8.63. The number of amides is 2. The first-order chi connectivity index (χ1) is 11.9. The third-order valence-electron chi connectivity index (χ3n) is 4.69. The molecule has 3 rings (SSSR count). The van der Waals surface area contributed by atoms with Crippen LogP contribution in [-0.4, -0.2) is 30.0 Å². The summed E-state index contributed by atoms with van der Waals surface area (Å²) in [6, 6.07) is 1.36. The lowest BCUT2D eigenvalue weighted by atomic mass is 9.89. The Balaban J connectivity index is 1.72. The van der Waals surface area contributed by atoms with E-state index in [9.17, 15) is 4.79 Å². The average molecular weight is 344 g/mol. The first kappa shape index (κ1) is 17.6. The lowest BCUT2D eigenvalue weighted by Crippen LogP contribution is -2.48. The van der Waals surface area contributed by atoms with Gasteiger partial charge in [0.1, 0.15) is 0 Å². The van der Waals surface area contributed by atoms with Gasteiger partial charge in [-0.05, 0) is 30.9 Å². The van der Waals surface area contributed by atoms with E-state index in [0.29, 0.717) is 18.9 Å². The van der Waals surface area contributed by atoms with Gasteiger partial charge in [0.25, 0.3) is 0 Å². The van der Waals surface area contributed by atoms with E-state index in [0.717, 1.165) is 43.4 Å². The summed E-state index contributed by atoms with van der Waals surface area (Å²) in [4.78, 5) is 16.0. The van der Waals surface area contributed by atoms with Gasteiger partial charge in [0.05, 0.1) is 25.1 Å². The summed E-state index contributed by atoms with van der Waals surface area (Å²) in [6.45, 7) is 5.69. The Morgan fingerprint density at radius 3 is 2.76 bits per heavy atom. The van der Waals surface area contributed by atoms with Crippen LogP contribution in [0.15, 0.2) is 12.3 Å². The van der Waals surface area contributed by atoms with Crippen LogP contribution in [0.4, 0.5) is 10.5 Å². The number of carbonyl (C=O) groups is 1. The van der Waals surface area contributed by atoms with E-state index < -0.39 is 11.8 Å². The van der Waals surface area contributed by atoms with Crippen molar-refractivity contribution in [2.45, 2.75) is 51.7 Å². The Hall–Kier alpha value is -2.17. The van der Waals surface area contributed by atoms with Crippen LogP contribution < -0.4 is 10.6 Å². The highest BCUT2D eigenvalue weighted by Gasteiger charge is 2.40. The van der Waals surface area contributed by atoms with E-state index in [2.05, 4.69) is 24.1 Å². The van der Waals surface area contributed by atoms with Gasteiger partial charge in [-0.2, -0.15) is 5.26 Å². The van der Waals surface area contributed by atoms with Crippen molar-refractivity contribution in [3.63, 3.8) is 0 Å². The molecule has 7 heteroatoms. The number of fused-ring (bicyclic) bond motifs is 1. The number of aromatic nitrogens is 1. The summed E-state index contributed by atoms with van der Waals surface area (Å²) in [5, 5.41) is 13.1. The second-order valence-corrected chi connectivity index (χ2v) is 7.53. The summed E-state index contributed by atoms with van der Waals surface area (Å²) in [5.41, 5.74) is 2.77. The largest absolute Gasteiger partial charge is 0.349 e. The third-order valence-corrected chi connectivity index (χ3v) is 4.69. The molecule has 7 nitrogen and oxygen atoms in total. The average Bonchev–Trinajstić information content (AvgIpc) is 2.55. The number of carbonyl (C=O) groups excluding carboxylic acids is 1. The van der Waals surface area contributed by atoms with Crippen molar-refractivity contribution in [1.82, 2.24) is 10.3 Å². The molecular weight excluding hydrogens is 320 g/mol. The van der Waals surface area contributed by atoms with Crippen molar-refractivity contribution in [2.75, 3.05) is 18.5 Å². The van der Waals surface area contributed by atoms with Crippen molar-refractivity contribution in [1.29, 1.82) is 5.26 Å². The topological polar surface area (TPSA) is 96.3 Å². The van der Waals surface area contributed by atoms with Gasteiger partial charge in [0.15, 0.2) is 12.0 Å². The maximum Gasteiger partial charge on any atom is 0.332 e. The molecule has 134 valence electrons. The van der Waals surface area contributed by atoms with Gasteiger partial charge in [-0.3, -0.25) is 4.98 Å². The molecule has 1 aliphatic carbocycles. The molecule has 0 unspecified atom stereocenters. The molecule has 2 aliphatic rings. The number of hydrogen-bond donors (Lipinski definition) is 2. The number of urea groups is 1. The zero-order valence-electron chi connectivity index (χ0n) is 14.7. The van der Waals surface area contributed by atoms with Crippen molar-refractivity contribution >= 4 is 11.7 Å². The Morgan fingerprint density at radius 2 is 2.04 bits per heavy atom. The number of hydrogen-bond acceptors (Lipinski definition) is 5. The van der Waals surface area contributed by atoms with E-state index in [1.165, 1.54) is 0 Å². The lowest BCUT2D eigenvalue weighted by molar-refractivity contribution is -0.304. The van der Waals surface area contributed by atoms with Crippen LogP contribution in [-0.2, 0) is 22.3 Å². The van der Waals surface area contributed by atoms with Crippen LogP contribution in [0.2, 0.25) is 0 Å². The predicted molar refractivity (Wildman–Crippen MR) is 91.7 cm³/mol. The van der Waals surface area contributed by atoms with Crippen LogP contribution in [0, 0.1) is 16.9 Å². The lowest BCUT2D eigenvalue weighted by Gasteiger charge is -2.44. The van der Waals surface area contributed by atoms with Crippen LogP contribution in [0.25, 0.3) is 0 Å². The quantitative estimate of drug-likeness (QED) is 0.603. The standard InChI is InChI=1S/C18H24N4O3/c1-17(2)10-24-18(25-11-17)6-3-4-15-13(5-7-18)8-14(9-20-15)22-16(23)21-12-19/h8-9H,3-7,10-11H2,1-2H3,(H2,21,22,23). The van der Waals surface area contributed by atoms with Crippen LogP contribution in [0.5, 0.6) is 0 Å². The van der Waals surface area contributed by atoms with E-state index in [-0.39, 0.29) is 5.41 Å². The molecule has 1 aromatic heterocycles. The molecule has 1 saturated heterocycles. The minimum absolute atomic E-state index is 0.0538. The van der Waals surface area contributed by atoms with E-state index in [4.69, 9.17) is 14.7 Å². The van der Waals surface area contributed by atoms with Crippen molar-refractivity contribution < 1.29 is 14.3 Å². The van der Waals surface area contributed by atoms with Crippen molar-refractivity contribution in [3.05, 3.63) is 23.5 Å². The van der Waals surface area contributed by atoms with Gasteiger partial charge in [0.2, 0.25) is 0 Å². The Labute approximate surface area is 147 Å². The van der Waals surface area contributed by atoms with E-state index >= 15 is 0 Å². The van der Waals surface area contributed by atoms with Gasteiger partial charge >= 0.3 is 6.03 Å². The molecule has 1 spiro atoms. The van der Waals surface area contributed by atoms with E-state index in [1.54, 1.807) is 12.4 Å². The maximum absolute atomic E-state index is 11.5. The molecule has 0 atom stereocenters. The minimum Gasteiger partial charge on any atom is -0.349 e. The Bertz CT molecular complexity index is 686. The zero-order valence-corrected chi connectivity index (χ0v) is 14.7. The molecule has 2 heterocycles. The number of nitrogens with one attached hydrogen (secondary N) is 2. The van der Waals surface area contributed by atoms with Crippen molar-refractivity contribution in [2.24, 2.45) is 5.41 Å². The fraction of sp³-hybridized carbons (Fsp3) is 0.611. The van der Waals surface area contributed by atoms with Gasteiger partial charge in [-0.15, -0.1) is 0 Å². The molecule has 0 saturated carbocycles. The van der Waals surface area contributed by atoms with Crippen LogP contribution in [0.1, 0.15) is 44.4 Å². The first-order valence-corrected chi connectivity index (χ1v) is 8.63. The minimum atomic E-state index is -0.562. The molecular formula is C18H24N4O3.